The van der Waals surface area contributed by atoms with Crippen LogP contribution in [0.3, 0.4) is 0 Å². The summed E-state index contributed by atoms with van der Waals surface area (Å²) in [4.78, 5) is 11.5. The molecule has 1 atom stereocenters. The van der Waals surface area contributed by atoms with Crippen molar-refractivity contribution in [3.8, 4) is 5.75 Å². The first-order valence-electron chi connectivity index (χ1n) is 5.76. The number of halogens is 6. The number of carbonyl (C=O) groups is 1. The van der Waals surface area contributed by atoms with Gasteiger partial charge >= 0.3 is 5.97 Å². The molecular weight excluding hydrogens is 457 g/mol. The molecule has 0 spiro atoms. The zero-order valence-electron chi connectivity index (χ0n) is 10.5. The second-order valence-corrected chi connectivity index (χ2v) is 6.90. The lowest BCUT2D eigenvalue weighted by Gasteiger charge is -2.14. The van der Waals surface area contributed by atoms with Crippen molar-refractivity contribution < 1.29 is 9.53 Å². The highest BCUT2D eigenvalue weighted by Crippen LogP contribution is 2.48. The van der Waals surface area contributed by atoms with Crippen LogP contribution in [-0.2, 0) is 4.79 Å². The lowest BCUT2D eigenvalue weighted by atomic mass is 10.1. The first-order valence-corrected chi connectivity index (χ1v) is 8.57. The van der Waals surface area contributed by atoms with E-state index in [1.54, 1.807) is 24.3 Å². The molecule has 0 saturated heterocycles. The van der Waals surface area contributed by atoms with E-state index >= 15 is 0 Å². The summed E-state index contributed by atoms with van der Waals surface area (Å²) in [6.07, 6.45) is 0. The fourth-order valence-corrected chi connectivity index (χ4v) is 3.18. The minimum absolute atomic E-state index is 0.00316. The summed E-state index contributed by atoms with van der Waals surface area (Å²) in [5.74, 6) is -0.752. The minimum atomic E-state index is -0.700. The average Bonchev–Trinajstić information content (AvgIpc) is 2.55. The van der Waals surface area contributed by atoms with Gasteiger partial charge in [0.15, 0.2) is 5.75 Å². The van der Waals surface area contributed by atoms with Gasteiger partial charge in [0.2, 0.25) is 0 Å². The molecule has 8 heteroatoms. The van der Waals surface area contributed by atoms with E-state index in [-0.39, 0.29) is 30.9 Å². The van der Waals surface area contributed by atoms with Gasteiger partial charge < -0.3 is 4.74 Å². The predicted octanol–water partition coefficient (Wildman–Crippen LogP) is 7.00. The summed E-state index contributed by atoms with van der Waals surface area (Å²) in [7, 11) is 0. The highest BCUT2D eigenvalue weighted by molar-refractivity contribution is 9.09. The van der Waals surface area contributed by atoms with Crippen LogP contribution in [0.1, 0.15) is 10.4 Å². The highest BCUT2D eigenvalue weighted by atomic mass is 79.9. The maximum atomic E-state index is 12.2. The topological polar surface area (TPSA) is 26.3 Å². The van der Waals surface area contributed by atoms with E-state index in [0.29, 0.717) is 5.56 Å². The predicted molar refractivity (Wildman–Crippen MR) is 95.2 cm³/mol. The molecule has 0 N–H and O–H groups in total. The standard InChI is InChI=1S/C14H6BrCl5O2/c15-7(6-4-2-1-3-5-6)14(21)22-13-11(19)9(17)8(16)10(18)12(13)20/h1-5,7H/t7-/m0/s1. The number of hydrogen-bond acceptors (Lipinski definition) is 2. The Balaban J connectivity index is 2.34. The van der Waals surface area contributed by atoms with Gasteiger partial charge in [-0.1, -0.05) is 104 Å². The van der Waals surface area contributed by atoms with Gasteiger partial charge in [0.1, 0.15) is 14.9 Å². The molecule has 0 aliphatic rings. The molecule has 0 aliphatic heterocycles. The molecule has 22 heavy (non-hydrogen) atoms. The van der Waals surface area contributed by atoms with Crippen LogP contribution in [0.25, 0.3) is 0 Å². The largest absolute Gasteiger partial charge is 0.422 e. The lowest BCUT2D eigenvalue weighted by molar-refractivity contribution is -0.133. The number of rotatable bonds is 3. The van der Waals surface area contributed by atoms with Crippen molar-refractivity contribution >= 4 is 79.9 Å². The molecule has 0 aromatic heterocycles. The van der Waals surface area contributed by atoms with E-state index in [0.717, 1.165) is 0 Å². The Morgan fingerprint density at radius 1 is 0.864 bits per heavy atom. The average molecular weight is 463 g/mol. The van der Waals surface area contributed by atoms with Crippen molar-refractivity contribution in [1.29, 1.82) is 0 Å². The van der Waals surface area contributed by atoms with Gasteiger partial charge in [-0.15, -0.1) is 0 Å². The van der Waals surface area contributed by atoms with Crippen molar-refractivity contribution in [3.63, 3.8) is 0 Å². The fourth-order valence-electron chi connectivity index (χ4n) is 1.58. The van der Waals surface area contributed by atoms with Gasteiger partial charge in [0.25, 0.3) is 0 Å². The molecule has 2 aromatic rings. The summed E-state index contributed by atoms with van der Waals surface area (Å²) in [5.41, 5.74) is 0.714. The van der Waals surface area contributed by atoms with E-state index in [1.165, 1.54) is 0 Å². The third-order valence-corrected chi connectivity index (χ3v) is 5.82. The Morgan fingerprint density at radius 2 is 1.32 bits per heavy atom. The van der Waals surface area contributed by atoms with Gasteiger partial charge in [-0.05, 0) is 5.56 Å². The van der Waals surface area contributed by atoms with E-state index in [9.17, 15) is 4.79 Å². The molecule has 0 radical (unpaired) electrons. The van der Waals surface area contributed by atoms with Gasteiger partial charge in [-0.3, -0.25) is 4.79 Å². The maximum Gasteiger partial charge on any atom is 0.329 e. The summed E-state index contributed by atoms with van der Waals surface area (Å²) in [6.45, 7) is 0. The van der Waals surface area contributed by atoms with Crippen LogP contribution in [0.4, 0.5) is 0 Å². The molecule has 0 heterocycles. The molecule has 0 bridgehead atoms. The Bertz CT molecular complexity index is 692. The SMILES string of the molecule is O=C(Oc1c(Cl)c(Cl)c(Cl)c(Cl)c1Cl)[C@@H](Br)c1ccccc1. The van der Waals surface area contributed by atoms with Crippen LogP contribution in [0, 0.1) is 0 Å². The monoisotopic (exact) mass is 460 g/mol. The molecular formula is C14H6BrCl5O2. The van der Waals surface area contributed by atoms with Crippen LogP contribution in [0.5, 0.6) is 5.75 Å². The maximum absolute atomic E-state index is 12.2. The van der Waals surface area contributed by atoms with Crippen LogP contribution in [0.15, 0.2) is 30.3 Å². The normalized spacial score (nSPS) is 12.1. The minimum Gasteiger partial charge on any atom is -0.422 e. The molecule has 2 nitrogen and oxygen atoms in total. The summed E-state index contributed by atoms with van der Waals surface area (Å²) >= 11 is 33.0. The number of carbonyl (C=O) groups excluding carboxylic acids is 1. The molecule has 0 unspecified atom stereocenters. The smallest absolute Gasteiger partial charge is 0.329 e. The number of benzene rings is 2. The number of ether oxygens (including phenoxy) is 1. The van der Waals surface area contributed by atoms with Crippen LogP contribution in [0.2, 0.25) is 25.1 Å². The van der Waals surface area contributed by atoms with E-state index < -0.39 is 10.8 Å². The van der Waals surface area contributed by atoms with Crippen LogP contribution >= 0.6 is 73.9 Å². The van der Waals surface area contributed by atoms with Gasteiger partial charge in [-0.25, -0.2) is 0 Å². The van der Waals surface area contributed by atoms with Crippen LogP contribution < -0.4 is 4.74 Å². The highest BCUT2D eigenvalue weighted by Gasteiger charge is 2.26. The molecule has 2 rings (SSSR count). The van der Waals surface area contributed by atoms with Gasteiger partial charge in [0, 0.05) is 0 Å². The Labute approximate surface area is 160 Å². The second kappa shape index (κ2) is 7.61. The number of hydrogen-bond donors (Lipinski definition) is 0. The van der Waals surface area contributed by atoms with Crippen molar-refractivity contribution in [3.05, 3.63) is 61.0 Å². The van der Waals surface area contributed by atoms with E-state index in [1.807, 2.05) is 6.07 Å². The first kappa shape index (κ1) is 18.2. The molecule has 0 fully saturated rings. The molecule has 0 aliphatic carbocycles. The molecule has 116 valence electrons. The van der Waals surface area contributed by atoms with Crippen molar-refractivity contribution in [2.45, 2.75) is 4.83 Å². The molecule has 2 aromatic carbocycles. The van der Waals surface area contributed by atoms with Gasteiger partial charge in [-0.2, -0.15) is 0 Å². The Kier molecular flexibility index (Phi) is 6.29. The van der Waals surface area contributed by atoms with Crippen molar-refractivity contribution in [2.24, 2.45) is 0 Å². The fraction of sp³-hybridized carbons (Fsp3) is 0.0714. The Hall–Kier alpha value is -0.160. The summed E-state index contributed by atoms with van der Waals surface area (Å²) < 4.78 is 5.23. The number of alkyl halides is 1. The third kappa shape index (κ3) is 3.66. The van der Waals surface area contributed by atoms with Crippen molar-refractivity contribution in [1.82, 2.24) is 0 Å². The summed E-state index contributed by atoms with van der Waals surface area (Å²) in [6, 6.07) is 8.97. The van der Waals surface area contributed by atoms with Crippen LogP contribution in [-0.4, -0.2) is 5.97 Å². The quantitative estimate of drug-likeness (QED) is 0.161. The van der Waals surface area contributed by atoms with Gasteiger partial charge in [0.05, 0.1) is 15.1 Å². The second-order valence-electron chi connectivity index (χ2n) is 4.09. The zero-order valence-corrected chi connectivity index (χ0v) is 15.9. The number of esters is 1. The lowest BCUT2D eigenvalue weighted by Crippen LogP contribution is -2.14. The Morgan fingerprint density at radius 3 is 1.82 bits per heavy atom. The third-order valence-electron chi connectivity index (χ3n) is 2.67. The zero-order chi connectivity index (χ0) is 16.4. The summed E-state index contributed by atoms with van der Waals surface area (Å²) in [5, 5.41) is -0.237. The molecule has 0 amide bonds. The van der Waals surface area contributed by atoms with Crippen molar-refractivity contribution in [2.75, 3.05) is 0 Å². The van der Waals surface area contributed by atoms with E-state index in [4.69, 9.17) is 62.7 Å². The first-order chi connectivity index (χ1) is 10.3. The van der Waals surface area contributed by atoms with E-state index in [2.05, 4.69) is 15.9 Å². The molecule has 0 saturated carbocycles.